The van der Waals surface area contributed by atoms with Crippen LogP contribution in [0.15, 0.2) is 109 Å². The molecule has 4 heteroatoms. The number of imidazole rings is 1. The molecule has 5 rings (SSSR count). The van der Waals surface area contributed by atoms with Crippen molar-refractivity contribution in [3.8, 4) is 33.9 Å². The number of rotatable bonds is 3. The number of pyridine rings is 1. The number of hydrogen-bond donors (Lipinski definition) is 0. The van der Waals surface area contributed by atoms with Crippen LogP contribution in [0.2, 0.25) is 0 Å². The molecular weight excluding hydrogens is 559 g/mol. The Morgan fingerprint density at radius 3 is 1.94 bits per heavy atom. The fourth-order valence-corrected chi connectivity index (χ4v) is 3.07. The molecule has 0 spiro atoms. The van der Waals surface area contributed by atoms with Crippen molar-refractivity contribution >= 4 is 0 Å². The third-order valence-corrected chi connectivity index (χ3v) is 4.55. The smallest absolute Gasteiger partial charge is 0.0768 e. The molecule has 2 heterocycles. The fourth-order valence-electron chi connectivity index (χ4n) is 3.07. The summed E-state index contributed by atoms with van der Waals surface area (Å²) in [6.45, 7) is 0. The molecule has 1 radical (unpaired) electrons. The Balaban J connectivity index is 0.000000183. The Labute approximate surface area is 196 Å². The maximum absolute atomic E-state index is 4.68. The second-order valence-electron chi connectivity index (χ2n) is 6.69. The predicted molar refractivity (Wildman–Crippen MR) is 121 cm³/mol. The van der Waals surface area contributed by atoms with Gasteiger partial charge in [-0.15, -0.1) is 71.8 Å². The van der Waals surface area contributed by atoms with Crippen LogP contribution >= 0.6 is 0 Å². The molecule has 3 aromatic carbocycles. The number of hydrogen-bond acceptors (Lipinski definition) is 2. The predicted octanol–water partition coefficient (Wildman–Crippen LogP) is 6.10. The molecular formula is C27H21IrN3-2. The van der Waals surface area contributed by atoms with Crippen molar-refractivity contribution in [2.24, 2.45) is 7.05 Å². The Hall–Kier alpha value is -3.33. The topological polar surface area (TPSA) is 30.7 Å². The molecule has 155 valence electrons. The summed E-state index contributed by atoms with van der Waals surface area (Å²) in [5.74, 6) is 0.939. The van der Waals surface area contributed by atoms with Crippen molar-refractivity contribution in [1.82, 2.24) is 14.5 Å². The molecule has 0 atom stereocenters. The zero-order chi connectivity index (χ0) is 20.6. The van der Waals surface area contributed by atoms with Gasteiger partial charge in [0.05, 0.1) is 11.5 Å². The summed E-state index contributed by atoms with van der Waals surface area (Å²) >= 11 is 0. The van der Waals surface area contributed by atoms with E-state index in [9.17, 15) is 0 Å². The zero-order valence-electron chi connectivity index (χ0n) is 17.1. The van der Waals surface area contributed by atoms with Crippen molar-refractivity contribution in [3.05, 3.63) is 122 Å². The van der Waals surface area contributed by atoms with Crippen LogP contribution in [0.5, 0.6) is 0 Å². The largest absolute Gasteiger partial charge is 0.373 e. The third kappa shape index (κ3) is 5.85. The standard InChI is InChI=1S/C16H13N2.C11H8N.Ir/c1-18-12-15(13-8-4-2-5-9-13)17-16(18)14-10-6-3-7-11-14;1-2-6-10(7-3-1)11-8-4-5-9-12-11;/h2-10,12H,1H3;1-6,8-9H;/q2*-1;. The Morgan fingerprint density at radius 2 is 1.32 bits per heavy atom. The molecule has 0 fully saturated rings. The van der Waals surface area contributed by atoms with Gasteiger partial charge in [0, 0.05) is 45.1 Å². The van der Waals surface area contributed by atoms with E-state index in [-0.39, 0.29) is 20.1 Å². The zero-order valence-corrected chi connectivity index (χ0v) is 19.5. The maximum atomic E-state index is 4.68. The van der Waals surface area contributed by atoms with Gasteiger partial charge in [-0.05, 0) is 11.8 Å². The van der Waals surface area contributed by atoms with E-state index in [2.05, 4.69) is 34.2 Å². The van der Waals surface area contributed by atoms with Crippen LogP contribution in [0.4, 0.5) is 0 Å². The molecule has 0 amide bonds. The first-order chi connectivity index (χ1) is 14.8. The van der Waals surface area contributed by atoms with Gasteiger partial charge in [-0.25, -0.2) is 0 Å². The van der Waals surface area contributed by atoms with Gasteiger partial charge in [0.15, 0.2) is 0 Å². The van der Waals surface area contributed by atoms with Crippen LogP contribution in [0.3, 0.4) is 0 Å². The van der Waals surface area contributed by atoms with Crippen molar-refractivity contribution in [2.45, 2.75) is 0 Å². The summed E-state index contributed by atoms with van der Waals surface area (Å²) in [7, 11) is 2.01. The van der Waals surface area contributed by atoms with Crippen LogP contribution in [0.25, 0.3) is 33.9 Å². The molecule has 0 saturated heterocycles. The van der Waals surface area contributed by atoms with Crippen LogP contribution in [0, 0.1) is 12.1 Å². The number of benzene rings is 3. The normalized spacial score (nSPS) is 9.84. The first-order valence-electron chi connectivity index (χ1n) is 9.75. The van der Waals surface area contributed by atoms with E-state index in [1.165, 1.54) is 0 Å². The van der Waals surface area contributed by atoms with Gasteiger partial charge in [-0.3, -0.25) is 4.98 Å². The summed E-state index contributed by atoms with van der Waals surface area (Å²) in [6, 6.07) is 38.1. The van der Waals surface area contributed by atoms with Gasteiger partial charge < -0.3 is 9.55 Å². The van der Waals surface area contributed by atoms with Crippen LogP contribution in [-0.2, 0) is 27.2 Å². The van der Waals surface area contributed by atoms with E-state index in [1.54, 1.807) is 6.20 Å². The van der Waals surface area contributed by atoms with E-state index >= 15 is 0 Å². The monoisotopic (exact) mass is 580 g/mol. The quantitative estimate of drug-likeness (QED) is 0.242. The van der Waals surface area contributed by atoms with Gasteiger partial charge in [0.1, 0.15) is 0 Å². The van der Waals surface area contributed by atoms with E-state index in [4.69, 9.17) is 0 Å². The van der Waals surface area contributed by atoms with Crippen molar-refractivity contribution < 1.29 is 20.1 Å². The minimum atomic E-state index is 0. The minimum Gasteiger partial charge on any atom is -0.373 e. The van der Waals surface area contributed by atoms with E-state index < -0.39 is 0 Å². The molecule has 3 nitrogen and oxygen atoms in total. The maximum Gasteiger partial charge on any atom is 0.0768 e. The van der Waals surface area contributed by atoms with Gasteiger partial charge in [0.2, 0.25) is 0 Å². The number of aryl methyl sites for hydroxylation is 1. The van der Waals surface area contributed by atoms with Crippen LogP contribution in [-0.4, -0.2) is 14.5 Å². The minimum absolute atomic E-state index is 0. The molecule has 2 aromatic heterocycles. The van der Waals surface area contributed by atoms with Gasteiger partial charge in [-0.2, -0.15) is 0 Å². The van der Waals surface area contributed by atoms with Crippen molar-refractivity contribution in [2.75, 3.05) is 0 Å². The Kier molecular flexibility index (Phi) is 8.05. The number of nitrogens with zero attached hydrogens (tertiary/aromatic N) is 3. The first kappa shape index (κ1) is 22.4. The summed E-state index contributed by atoms with van der Waals surface area (Å²) in [5, 5.41) is 0. The summed E-state index contributed by atoms with van der Waals surface area (Å²) < 4.78 is 2.04. The molecule has 0 aliphatic rings. The van der Waals surface area contributed by atoms with Gasteiger partial charge in [0.25, 0.3) is 0 Å². The molecule has 31 heavy (non-hydrogen) atoms. The first-order valence-corrected chi connectivity index (χ1v) is 9.75. The van der Waals surface area contributed by atoms with Gasteiger partial charge in [-0.1, -0.05) is 42.5 Å². The molecule has 0 saturated carbocycles. The Morgan fingerprint density at radius 1 is 0.677 bits per heavy atom. The second-order valence-corrected chi connectivity index (χ2v) is 6.69. The SMILES string of the molecule is Cn1cc(-c2ccccc2)nc1-c1[c-]cccc1.[Ir].[c-]1ccccc1-c1ccccn1. The fraction of sp³-hybridized carbons (Fsp3) is 0.0370. The molecule has 0 aliphatic heterocycles. The Bertz CT molecular complexity index is 1140. The molecule has 0 aliphatic carbocycles. The molecule has 5 aromatic rings. The van der Waals surface area contributed by atoms with Crippen molar-refractivity contribution in [3.63, 3.8) is 0 Å². The van der Waals surface area contributed by atoms with E-state index in [0.717, 1.165) is 33.9 Å². The molecule has 0 N–H and O–H groups in total. The average Bonchev–Trinajstić information content (AvgIpc) is 3.23. The van der Waals surface area contributed by atoms with E-state index in [1.807, 2.05) is 103 Å². The summed E-state index contributed by atoms with van der Waals surface area (Å²) in [4.78, 5) is 8.90. The van der Waals surface area contributed by atoms with E-state index in [0.29, 0.717) is 0 Å². The van der Waals surface area contributed by atoms with Crippen LogP contribution < -0.4 is 0 Å². The third-order valence-electron chi connectivity index (χ3n) is 4.55. The molecule has 0 unspecified atom stereocenters. The number of aromatic nitrogens is 3. The van der Waals surface area contributed by atoms with Crippen molar-refractivity contribution in [1.29, 1.82) is 0 Å². The van der Waals surface area contributed by atoms with Gasteiger partial charge >= 0.3 is 0 Å². The summed E-state index contributed by atoms with van der Waals surface area (Å²) in [6.07, 6.45) is 3.84. The molecule has 0 bridgehead atoms. The van der Waals surface area contributed by atoms with Crippen LogP contribution in [0.1, 0.15) is 0 Å². The second kappa shape index (κ2) is 11.2. The summed E-state index contributed by atoms with van der Waals surface area (Å²) in [5.41, 5.74) is 5.15. The average molecular weight is 580 g/mol.